The van der Waals surface area contributed by atoms with Crippen LogP contribution in [-0.4, -0.2) is 23.3 Å². The average molecular weight is 236 g/mol. The molecule has 0 aromatic carbocycles. The Labute approximate surface area is 102 Å². The molecule has 3 nitrogen and oxygen atoms in total. The van der Waals surface area contributed by atoms with Gasteiger partial charge in [-0.3, -0.25) is 9.59 Å². The summed E-state index contributed by atoms with van der Waals surface area (Å²) in [6.45, 7) is 5.85. The molecule has 3 aliphatic rings. The second kappa shape index (κ2) is 3.19. The number of Topliss-reactive ketones (excluding diaryl/α,β-unsaturated/α-hetero) is 2. The number of hydrogen-bond acceptors (Lipinski definition) is 3. The lowest BCUT2D eigenvalue weighted by Crippen LogP contribution is -2.58. The Morgan fingerprint density at radius 1 is 1.41 bits per heavy atom. The van der Waals surface area contributed by atoms with E-state index in [0.717, 1.165) is 19.3 Å². The standard InChI is InChI=1S/C14H20O3/c1-8-4-5-11-14(17-11)7-6-10(16)12(9(2)15)13(8,14)3/h8,11-12H,4-7H2,1-3H3/t8-,11-,12?,13-,14-/m0/s1. The minimum absolute atomic E-state index is 0.0274. The number of carbonyl (C=O) groups excluding carboxylic acids is 2. The van der Waals surface area contributed by atoms with Crippen LogP contribution in [0.4, 0.5) is 0 Å². The Morgan fingerprint density at radius 2 is 2.12 bits per heavy atom. The first-order chi connectivity index (χ1) is 7.93. The van der Waals surface area contributed by atoms with E-state index in [1.165, 1.54) is 0 Å². The Hall–Kier alpha value is -0.700. The Morgan fingerprint density at radius 3 is 2.76 bits per heavy atom. The van der Waals surface area contributed by atoms with Gasteiger partial charge in [0.2, 0.25) is 0 Å². The van der Waals surface area contributed by atoms with Gasteiger partial charge in [0.1, 0.15) is 17.2 Å². The van der Waals surface area contributed by atoms with Crippen molar-refractivity contribution in [3.8, 4) is 0 Å². The molecule has 1 unspecified atom stereocenters. The summed E-state index contributed by atoms with van der Waals surface area (Å²) >= 11 is 0. The third-order valence-electron chi connectivity index (χ3n) is 5.68. The predicted molar refractivity (Wildman–Crippen MR) is 62.5 cm³/mol. The van der Waals surface area contributed by atoms with Gasteiger partial charge in [0.25, 0.3) is 0 Å². The number of carbonyl (C=O) groups is 2. The monoisotopic (exact) mass is 236 g/mol. The van der Waals surface area contributed by atoms with E-state index in [9.17, 15) is 9.59 Å². The molecule has 2 saturated carbocycles. The van der Waals surface area contributed by atoms with Crippen molar-refractivity contribution in [3.05, 3.63) is 0 Å². The zero-order chi connectivity index (χ0) is 12.4. The van der Waals surface area contributed by atoms with E-state index in [2.05, 4.69) is 13.8 Å². The quantitative estimate of drug-likeness (QED) is 0.517. The lowest BCUT2D eigenvalue weighted by atomic mass is 9.50. The molecule has 5 atom stereocenters. The molecule has 1 heterocycles. The van der Waals surface area contributed by atoms with Crippen LogP contribution in [-0.2, 0) is 14.3 Å². The van der Waals surface area contributed by atoms with Crippen molar-refractivity contribution in [2.24, 2.45) is 17.3 Å². The maximum absolute atomic E-state index is 12.1. The highest BCUT2D eigenvalue weighted by Gasteiger charge is 2.75. The summed E-state index contributed by atoms with van der Waals surface area (Å²) in [5.74, 6) is 0.115. The molecule has 1 aliphatic heterocycles. The van der Waals surface area contributed by atoms with Crippen molar-refractivity contribution in [2.45, 2.75) is 58.2 Å². The van der Waals surface area contributed by atoms with E-state index in [0.29, 0.717) is 18.4 Å². The van der Waals surface area contributed by atoms with Crippen LogP contribution in [0.3, 0.4) is 0 Å². The maximum atomic E-state index is 12.1. The molecule has 3 rings (SSSR count). The smallest absolute Gasteiger partial charge is 0.144 e. The Kier molecular flexibility index (Phi) is 2.14. The van der Waals surface area contributed by atoms with Gasteiger partial charge in [0, 0.05) is 11.8 Å². The summed E-state index contributed by atoms with van der Waals surface area (Å²) in [7, 11) is 0. The molecule has 0 N–H and O–H groups in total. The molecule has 94 valence electrons. The highest BCUT2D eigenvalue weighted by atomic mass is 16.6. The summed E-state index contributed by atoms with van der Waals surface area (Å²) in [5, 5.41) is 0. The molecular formula is C14H20O3. The van der Waals surface area contributed by atoms with Crippen molar-refractivity contribution in [1.82, 2.24) is 0 Å². The highest BCUT2D eigenvalue weighted by molar-refractivity contribution is 6.03. The number of ketones is 2. The lowest BCUT2D eigenvalue weighted by molar-refractivity contribution is -0.149. The van der Waals surface area contributed by atoms with Crippen LogP contribution in [0.25, 0.3) is 0 Å². The predicted octanol–water partition coefficient (Wildman–Crippen LogP) is 2.13. The molecular weight excluding hydrogens is 216 g/mol. The fourth-order valence-electron chi connectivity index (χ4n) is 4.56. The molecule has 3 fully saturated rings. The molecule has 3 heteroatoms. The van der Waals surface area contributed by atoms with Crippen molar-refractivity contribution in [1.29, 1.82) is 0 Å². The van der Waals surface area contributed by atoms with Gasteiger partial charge in [-0.15, -0.1) is 0 Å². The van der Waals surface area contributed by atoms with E-state index in [-0.39, 0.29) is 22.6 Å². The molecule has 0 bridgehead atoms. The van der Waals surface area contributed by atoms with Crippen LogP contribution in [0.2, 0.25) is 0 Å². The summed E-state index contributed by atoms with van der Waals surface area (Å²) in [4.78, 5) is 24.0. The first-order valence-electron chi connectivity index (χ1n) is 6.64. The van der Waals surface area contributed by atoms with E-state index < -0.39 is 5.92 Å². The lowest BCUT2D eigenvalue weighted by Gasteiger charge is -2.50. The van der Waals surface area contributed by atoms with Gasteiger partial charge in [0.05, 0.1) is 12.0 Å². The zero-order valence-electron chi connectivity index (χ0n) is 10.8. The summed E-state index contributed by atoms with van der Waals surface area (Å²) in [6.07, 6.45) is 3.80. The molecule has 0 amide bonds. The SMILES string of the molecule is CC(=O)C1C(=O)CC[C@]23O[C@H]2CC[C@H](C)[C@@]13C. The summed E-state index contributed by atoms with van der Waals surface area (Å²) in [6, 6.07) is 0. The third kappa shape index (κ3) is 1.16. The van der Waals surface area contributed by atoms with Gasteiger partial charge in [-0.05, 0) is 32.1 Å². The van der Waals surface area contributed by atoms with Gasteiger partial charge >= 0.3 is 0 Å². The van der Waals surface area contributed by atoms with Crippen LogP contribution >= 0.6 is 0 Å². The van der Waals surface area contributed by atoms with E-state index >= 15 is 0 Å². The minimum atomic E-state index is -0.434. The second-order valence-corrected chi connectivity index (χ2v) is 6.27. The fraction of sp³-hybridized carbons (Fsp3) is 0.857. The van der Waals surface area contributed by atoms with Crippen LogP contribution in [0, 0.1) is 17.3 Å². The topological polar surface area (TPSA) is 46.7 Å². The van der Waals surface area contributed by atoms with Crippen molar-refractivity contribution >= 4 is 11.6 Å². The Bertz CT molecular complexity index is 402. The van der Waals surface area contributed by atoms with Gasteiger partial charge in [-0.1, -0.05) is 13.8 Å². The summed E-state index contributed by atoms with van der Waals surface area (Å²) < 4.78 is 5.97. The fourth-order valence-corrected chi connectivity index (χ4v) is 4.56. The number of hydrogen-bond donors (Lipinski definition) is 0. The molecule has 0 aromatic heterocycles. The highest BCUT2D eigenvalue weighted by Crippen LogP contribution is 2.67. The molecule has 17 heavy (non-hydrogen) atoms. The number of epoxide rings is 1. The number of rotatable bonds is 1. The van der Waals surface area contributed by atoms with Gasteiger partial charge in [0.15, 0.2) is 0 Å². The molecule has 1 spiro atoms. The van der Waals surface area contributed by atoms with Crippen LogP contribution in [0.15, 0.2) is 0 Å². The maximum Gasteiger partial charge on any atom is 0.144 e. The molecule has 2 aliphatic carbocycles. The third-order valence-corrected chi connectivity index (χ3v) is 5.68. The second-order valence-electron chi connectivity index (χ2n) is 6.27. The van der Waals surface area contributed by atoms with E-state index in [1.807, 2.05) is 0 Å². The van der Waals surface area contributed by atoms with Gasteiger partial charge in [-0.25, -0.2) is 0 Å². The van der Waals surface area contributed by atoms with Crippen molar-refractivity contribution in [3.63, 3.8) is 0 Å². The normalized spacial score (nSPS) is 52.6. The zero-order valence-corrected chi connectivity index (χ0v) is 10.8. The summed E-state index contributed by atoms with van der Waals surface area (Å²) in [5.41, 5.74) is -0.425. The first-order valence-corrected chi connectivity index (χ1v) is 6.64. The first kappa shape index (κ1) is 11.4. The van der Waals surface area contributed by atoms with Crippen molar-refractivity contribution in [2.75, 3.05) is 0 Å². The van der Waals surface area contributed by atoms with E-state index in [4.69, 9.17) is 4.74 Å². The van der Waals surface area contributed by atoms with Crippen LogP contribution in [0.5, 0.6) is 0 Å². The van der Waals surface area contributed by atoms with Crippen LogP contribution in [0.1, 0.15) is 46.5 Å². The van der Waals surface area contributed by atoms with Gasteiger partial charge < -0.3 is 4.74 Å². The largest absolute Gasteiger partial charge is 0.365 e. The van der Waals surface area contributed by atoms with E-state index in [1.54, 1.807) is 6.92 Å². The molecule has 1 saturated heterocycles. The van der Waals surface area contributed by atoms with Gasteiger partial charge in [-0.2, -0.15) is 0 Å². The van der Waals surface area contributed by atoms with Crippen molar-refractivity contribution < 1.29 is 14.3 Å². The molecule has 0 radical (unpaired) electrons. The minimum Gasteiger partial charge on any atom is -0.365 e. The van der Waals surface area contributed by atoms with Crippen LogP contribution < -0.4 is 0 Å². The Balaban J connectivity index is 2.08. The number of ether oxygens (including phenoxy) is 1. The average Bonchev–Trinajstić information content (AvgIpc) is 2.96. The molecule has 0 aromatic rings.